The number of carbonyl (C=O) groups is 2. The van der Waals surface area contributed by atoms with E-state index in [2.05, 4.69) is 36.6 Å². The number of alkyl halides is 3. The fourth-order valence-electron chi connectivity index (χ4n) is 4.58. The van der Waals surface area contributed by atoms with Crippen LogP contribution in [0.4, 0.5) is 19.1 Å². The second-order valence-electron chi connectivity index (χ2n) is 8.55. The highest BCUT2D eigenvalue weighted by atomic mass is 32.1. The molecule has 1 atom stereocenters. The van der Waals surface area contributed by atoms with Crippen LogP contribution in [-0.2, 0) is 16.1 Å². The third kappa shape index (κ3) is 5.72. The summed E-state index contributed by atoms with van der Waals surface area (Å²) in [6, 6.07) is 2.05. The van der Waals surface area contributed by atoms with Crippen molar-refractivity contribution in [2.45, 2.75) is 57.3 Å². The first-order chi connectivity index (χ1) is 16.6. The summed E-state index contributed by atoms with van der Waals surface area (Å²) < 4.78 is 32.9. The molecule has 2 aliphatic heterocycles. The lowest BCUT2D eigenvalue weighted by molar-refractivity contribution is -0.192. The fourth-order valence-corrected chi connectivity index (χ4v) is 5.88. The van der Waals surface area contributed by atoms with Crippen molar-refractivity contribution >= 4 is 50.7 Å². The van der Waals surface area contributed by atoms with Crippen LogP contribution in [0.5, 0.6) is 0 Å². The molecule has 2 fully saturated rings. The number of carboxylic acid groups (broad SMARTS) is 1. The number of fused-ring (bicyclic) bond motifs is 1. The molecule has 1 spiro atoms. The van der Waals surface area contributed by atoms with Gasteiger partial charge in [0.05, 0.1) is 33.7 Å². The summed E-state index contributed by atoms with van der Waals surface area (Å²) in [6.07, 6.45) is 1.50. The van der Waals surface area contributed by atoms with Crippen LogP contribution in [0.2, 0.25) is 0 Å². The summed E-state index contributed by atoms with van der Waals surface area (Å²) in [5.41, 5.74) is 1.99. The van der Waals surface area contributed by atoms with E-state index >= 15 is 0 Å². The van der Waals surface area contributed by atoms with E-state index in [0.717, 1.165) is 65.6 Å². The molecule has 2 aliphatic rings. The van der Waals surface area contributed by atoms with E-state index in [1.807, 2.05) is 13.1 Å². The molecular formula is C22H24F3N5O3S2. The predicted molar refractivity (Wildman–Crippen MR) is 127 cm³/mol. The smallest absolute Gasteiger partial charge is 0.475 e. The van der Waals surface area contributed by atoms with E-state index in [1.165, 1.54) is 0 Å². The van der Waals surface area contributed by atoms with E-state index in [9.17, 15) is 18.0 Å². The minimum atomic E-state index is -5.08. The Hall–Kier alpha value is -2.80. The minimum absolute atomic E-state index is 0.0458. The Balaban J connectivity index is 0.000000364. The molecule has 5 heterocycles. The lowest BCUT2D eigenvalue weighted by atomic mass is 9.87. The molecule has 0 aromatic carbocycles. The minimum Gasteiger partial charge on any atom is -0.475 e. The molecule has 2 saturated heterocycles. The highest BCUT2D eigenvalue weighted by Crippen LogP contribution is 2.40. The van der Waals surface area contributed by atoms with Crippen molar-refractivity contribution in [1.82, 2.24) is 19.9 Å². The van der Waals surface area contributed by atoms with Crippen molar-refractivity contribution in [2.24, 2.45) is 0 Å². The van der Waals surface area contributed by atoms with E-state index in [-0.39, 0.29) is 11.4 Å². The molecule has 0 radical (unpaired) electrons. The van der Waals surface area contributed by atoms with Gasteiger partial charge in [-0.15, -0.1) is 22.7 Å². The van der Waals surface area contributed by atoms with Gasteiger partial charge in [0.15, 0.2) is 0 Å². The van der Waals surface area contributed by atoms with Gasteiger partial charge in [-0.05, 0) is 44.1 Å². The van der Waals surface area contributed by atoms with Crippen molar-refractivity contribution < 1.29 is 27.9 Å². The number of likely N-dealkylation sites (tertiary alicyclic amines) is 1. The SMILES string of the molecule is Cc1nc(CN2C(=O)CCC23CCCN(c2ncc4sccc4n2)CC3)cs1.O=C(O)C(F)(F)F. The Bertz CT molecular complexity index is 1210. The number of amides is 1. The number of thiophene rings is 1. The van der Waals surface area contributed by atoms with Gasteiger partial charge in [-0.1, -0.05) is 0 Å². The molecule has 1 N–H and O–H groups in total. The van der Waals surface area contributed by atoms with Gasteiger partial charge >= 0.3 is 12.1 Å². The van der Waals surface area contributed by atoms with Crippen LogP contribution in [0.1, 0.15) is 42.8 Å². The van der Waals surface area contributed by atoms with Gasteiger partial charge in [0.2, 0.25) is 11.9 Å². The highest BCUT2D eigenvalue weighted by Gasteiger charge is 2.46. The Morgan fingerprint density at radius 3 is 2.66 bits per heavy atom. The molecule has 3 aromatic rings. The maximum atomic E-state index is 12.7. The number of anilines is 1. The molecule has 5 rings (SSSR count). The van der Waals surface area contributed by atoms with Crippen molar-refractivity contribution in [1.29, 1.82) is 0 Å². The second-order valence-corrected chi connectivity index (χ2v) is 10.6. The zero-order valence-electron chi connectivity index (χ0n) is 18.9. The Morgan fingerprint density at radius 2 is 1.97 bits per heavy atom. The Kier molecular flexibility index (Phi) is 7.27. The first-order valence-electron chi connectivity index (χ1n) is 11.0. The van der Waals surface area contributed by atoms with Crippen LogP contribution in [0.25, 0.3) is 10.2 Å². The number of carbonyl (C=O) groups excluding carboxylic acids is 1. The number of hydrogen-bond acceptors (Lipinski definition) is 8. The topological polar surface area (TPSA) is 99.5 Å². The van der Waals surface area contributed by atoms with Crippen molar-refractivity contribution in [3.63, 3.8) is 0 Å². The van der Waals surface area contributed by atoms with Crippen LogP contribution < -0.4 is 4.90 Å². The monoisotopic (exact) mass is 527 g/mol. The molecule has 1 amide bonds. The van der Waals surface area contributed by atoms with Crippen LogP contribution in [0, 0.1) is 6.92 Å². The van der Waals surface area contributed by atoms with Crippen LogP contribution in [0.15, 0.2) is 23.0 Å². The maximum absolute atomic E-state index is 12.7. The zero-order chi connectivity index (χ0) is 25.2. The van der Waals surface area contributed by atoms with Gasteiger partial charge in [0, 0.05) is 30.4 Å². The van der Waals surface area contributed by atoms with Crippen LogP contribution in [0.3, 0.4) is 0 Å². The maximum Gasteiger partial charge on any atom is 0.490 e. The van der Waals surface area contributed by atoms with Crippen molar-refractivity contribution in [2.75, 3.05) is 18.0 Å². The first kappa shape index (κ1) is 25.3. The van der Waals surface area contributed by atoms with Gasteiger partial charge in [0.25, 0.3) is 0 Å². The molecule has 8 nitrogen and oxygen atoms in total. The van der Waals surface area contributed by atoms with E-state index in [0.29, 0.717) is 13.0 Å². The predicted octanol–water partition coefficient (Wildman–Crippen LogP) is 4.64. The quantitative estimate of drug-likeness (QED) is 0.530. The molecule has 0 bridgehead atoms. The average Bonchev–Trinajstić information content (AvgIpc) is 3.47. The van der Waals surface area contributed by atoms with Gasteiger partial charge in [-0.3, -0.25) is 4.79 Å². The van der Waals surface area contributed by atoms with E-state index in [1.54, 1.807) is 22.7 Å². The number of rotatable bonds is 3. The Labute approximate surface area is 207 Å². The molecule has 0 saturated carbocycles. The normalized spacial score (nSPS) is 20.7. The summed E-state index contributed by atoms with van der Waals surface area (Å²) in [4.78, 5) is 40.0. The highest BCUT2D eigenvalue weighted by molar-refractivity contribution is 7.17. The average molecular weight is 528 g/mol. The standard InChI is InChI=1S/C20H23N5OS2.C2HF3O2/c1-14-22-15(13-28-14)12-25-18(26)3-6-20(25)5-2-8-24(9-7-20)19-21-11-17-16(23-19)4-10-27-17;3-2(4,5)1(6)7/h4,10-11,13H,2-3,5-9,12H2,1H3;(H,6,7). The number of aromatic nitrogens is 3. The number of aliphatic carboxylic acids is 1. The third-order valence-electron chi connectivity index (χ3n) is 6.30. The molecule has 0 aliphatic carbocycles. The van der Waals surface area contributed by atoms with E-state index < -0.39 is 12.1 Å². The number of hydrogen-bond donors (Lipinski definition) is 1. The van der Waals surface area contributed by atoms with Crippen LogP contribution in [-0.4, -0.2) is 61.6 Å². The number of carboxylic acids is 1. The summed E-state index contributed by atoms with van der Waals surface area (Å²) in [5.74, 6) is -1.67. The summed E-state index contributed by atoms with van der Waals surface area (Å²) in [6.45, 7) is 4.48. The summed E-state index contributed by atoms with van der Waals surface area (Å²) in [7, 11) is 0. The second kappa shape index (κ2) is 10.1. The summed E-state index contributed by atoms with van der Waals surface area (Å²) in [5, 5.41) is 12.3. The molecule has 13 heteroatoms. The number of nitrogens with zero attached hydrogens (tertiary/aromatic N) is 5. The van der Waals surface area contributed by atoms with Crippen molar-refractivity contribution in [3.05, 3.63) is 33.7 Å². The van der Waals surface area contributed by atoms with Crippen molar-refractivity contribution in [3.8, 4) is 0 Å². The van der Waals surface area contributed by atoms with Gasteiger partial charge in [-0.2, -0.15) is 13.2 Å². The number of halogens is 3. The van der Waals surface area contributed by atoms with Gasteiger partial charge in [0.1, 0.15) is 0 Å². The largest absolute Gasteiger partial charge is 0.490 e. The Morgan fingerprint density at radius 1 is 1.20 bits per heavy atom. The fraction of sp³-hybridized carbons (Fsp3) is 0.500. The molecule has 188 valence electrons. The first-order valence-corrected chi connectivity index (χ1v) is 12.8. The van der Waals surface area contributed by atoms with E-state index in [4.69, 9.17) is 14.9 Å². The lowest BCUT2D eigenvalue weighted by Gasteiger charge is -2.38. The molecule has 35 heavy (non-hydrogen) atoms. The number of thiazole rings is 1. The van der Waals surface area contributed by atoms with Crippen LogP contribution >= 0.6 is 22.7 Å². The number of aryl methyl sites for hydroxylation is 1. The summed E-state index contributed by atoms with van der Waals surface area (Å²) >= 11 is 3.33. The lowest BCUT2D eigenvalue weighted by Crippen LogP contribution is -2.46. The molecule has 1 unspecified atom stereocenters. The van der Waals surface area contributed by atoms with Gasteiger partial charge in [-0.25, -0.2) is 19.7 Å². The molecular weight excluding hydrogens is 503 g/mol. The molecule has 3 aromatic heterocycles. The van der Waals surface area contributed by atoms with Gasteiger partial charge < -0.3 is 14.9 Å². The third-order valence-corrected chi connectivity index (χ3v) is 7.96. The zero-order valence-corrected chi connectivity index (χ0v) is 20.5.